The van der Waals surface area contributed by atoms with Crippen molar-refractivity contribution in [3.8, 4) is 5.75 Å². The predicted molar refractivity (Wildman–Crippen MR) is 115 cm³/mol. The first kappa shape index (κ1) is 23.2. The van der Waals surface area contributed by atoms with Gasteiger partial charge >= 0.3 is 6.03 Å². The molecule has 10 heteroatoms. The topological polar surface area (TPSA) is 134 Å². The number of amides is 3. The van der Waals surface area contributed by atoms with Gasteiger partial charge in [-0.25, -0.2) is 13.2 Å². The molecular weight excluding hydrogens is 410 g/mol. The molecule has 3 rings (SSSR count). The molecule has 4 N–H and O–H groups in total. The van der Waals surface area contributed by atoms with Gasteiger partial charge in [0, 0.05) is 36.2 Å². The summed E-state index contributed by atoms with van der Waals surface area (Å²) < 4.78 is 28.1. The molecule has 0 bridgehead atoms. The first-order chi connectivity index (χ1) is 14.3. The second kappa shape index (κ2) is 10.6. The molecule has 0 saturated carbocycles. The predicted octanol–water partition coefficient (Wildman–Crippen LogP) is 1.86. The summed E-state index contributed by atoms with van der Waals surface area (Å²) in [4.78, 5) is 24.5. The minimum absolute atomic E-state index is 0.0522. The Hall–Kier alpha value is -3.11. The van der Waals surface area contributed by atoms with Crippen LogP contribution in [0, 0.1) is 0 Å². The Morgan fingerprint density at radius 1 is 1.03 bits per heavy atom. The first-order valence-corrected chi connectivity index (χ1v) is 10.9. The van der Waals surface area contributed by atoms with Crippen LogP contribution in [0.15, 0.2) is 48.5 Å². The number of anilines is 2. The molecule has 9 nitrogen and oxygen atoms in total. The summed E-state index contributed by atoms with van der Waals surface area (Å²) in [5.41, 5.74) is 1.38. The number of hydrogen-bond acceptors (Lipinski definition) is 6. The molecule has 1 heterocycles. The molecule has 2 aromatic rings. The fourth-order valence-electron chi connectivity index (χ4n) is 2.90. The number of benzene rings is 2. The van der Waals surface area contributed by atoms with Crippen molar-refractivity contribution >= 4 is 33.2 Å². The lowest BCUT2D eigenvalue weighted by Gasteiger charge is -2.13. The lowest BCUT2D eigenvalue weighted by molar-refractivity contribution is 0.102. The van der Waals surface area contributed by atoms with Gasteiger partial charge in [-0.15, -0.1) is 0 Å². The lowest BCUT2D eigenvalue weighted by Crippen LogP contribution is -2.38. The fraction of sp³-hybridized carbons (Fsp3) is 0.300. The van der Waals surface area contributed by atoms with E-state index in [0.29, 0.717) is 29.1 Å². The largest absolute Gasteiger partial charge is 0.497 e. The van der Waals surface area contributed by atoms with Crippen LogP contribution in [0.3, 0.4) is 0 Å². The Morgan fingerprint density at radius 3 is 2.33 bits per heavy atom. The summed E-state index contributed by atoms with van der Waals surface area (Å²) in [5.74, 6) is 0.319. The average molecular weight is 436 g/mol. The zero-order chi connectivity index (χ0) is 22.1. The molecular formula is C20H25N3O6S. The van der Waals surface area contributed by atoms with Gasteiger partial charge < -0.3 is 25.8 Å². The Kier molecular flexibility index (Phi) is 8.19. The van der Waals surface area contributed by atoms with Crippen LogP contribution in [-0.4, -0.2) is 57.2 Å². The van der Waals surface area contributed by atoms with Gasteiger partial charge in [0.15, 0.2) is 9.84 Å². The van der Waals surface area contributed by atoms with E-state index in [1.165, 1.54) is 0 Å². The number of hydrogen-bond donors (Lipinski definition) is 4. The summed E-state index contributed by atoms with van der Waals surface area (Å²) in [6, 6.07) is 12.5. The zero-order valence-electron chi connectivity index (χ0n) is 16.7. The minimum atomic E-state index is -3.07. The van der Waals surface area contributed by atoms with Gasteiger partial charge in [0.25, 0.3) is 5.91 Å². The number of rotatable bonds is 5. The molecule has 30 heavy (non-hydrogen) atoms. The smallest absolute Gasteiger partial charge is 0.319 e. The summed E-state index contributed by atoms with van der Waals surface area (Å²) in [6.07, 6.45) is 0.402. The van der Waals surface area contributed by atoms with E-state index in [9.17, 15) is 18.0 Å². The summed E-state index contributed by atoms with van der Waals surface area (Å²) in [7, 11) is -0.527. The Bertz CT molecular complexity index is 994. The lowest BCUT2D eigenvalue weighted by atomic mass is 10.2. The van der Waals surface area contributed by atoms with Crippen molar-refractivity contribution in [2.45, 2.75) is 12.5 Å². The normalized spacial score (nSPS) is 16.6. The van der Waals surface area contributed by atoms with Crippen LogP contribution in [0.2, 0.25) is 0 Å². The molecule has 2 aromatic carbocycles. The molecule has 1 saturated heterocycles. The molecule has 1 atom stereocenters. The molecule has 0 spiro atoms. The number of carbonyl (C=O) groups is 2. The summed E-state index contributed by atoms with van der Waals surface area (Å²) >= 11 is 0. The van der Waals surface area contributed by atoms with Crippen molar-refractivity contribution in [3.63, 3.8) is 0 Å². The third kappa shape index (κ3) is 6.75. The van der Waals surface area contributed by atoms with E-state index in [2.05, 4.69) is 16.0 Å². The van der Waals surface area contributed by atoms with Crippen LogP contribution in [0.25, 0.3) is 0 Å². The maximum absolute atomic E-state index is 12.5. The van der Waals surface area contributed by atoms with Crippen molar-refractivity contribution in [1.82, 2.24) is 5.32 Å². The van der Waals surface area contributed by atoms with Crippen LogP contribution >= 0.6 is 0 Å². The second-order valence-corrected chi connectivity index (χ2v) is 8.69. The molecule has 1 unspecified atom stereocenters. The highest BCUT2D eigenvalue weighted by molar-refractivity contribution is 7.91. The third-order valence-electron chi connectivity index (χ3n) is 4.28. The van der Waals surface area contributed by atoms with Crippen LogP contribution in [0.4, 0.5) is 16.2 Å². The Balaban J connectivity index is 0.00000155. The summed E-state index contributed by atoms with van der Waals surface area (Å²) in [5, 5.41) is 15.0. The van der Waals surface area contributed by atoms with Crippen LogP contribution in [0.1, 0.15) is 16.8 Å². The van der Waals surface area contributed by atoms with Gasteiger partial charge in [0.2, 0.25) is 0 Å². The van der Waals surface area contributed by atoms with E-state index in [4.69, 9.17) is 9.84 Å². The monoisotopic (exact) mass is 435 g/mol. The number of methoxy groups -OCH3 is 1. The highest BCUT2D eigenvalue weighted by Crippen LogP contribution is 2.19. The number of urea groups is 1. The molecule has 0 aromatic heterocycles. The third-order valence-corrected chi connectivity index (χ3v) is 6.05. The number of nitrogens with one attached hydrogen (secondary N) is 3. The molecule has 162 valence electrons. The van der Waals surface area contributed by atoms with Gasteiger partial charge in [-0.05, 0) is 36.8 Å². The zero-order valence-corrected chi connectivity index (χ0v) is 17.5. The molecule has 1 aliphatic heterocycles. The van der Waals surface area contributed by atoms with Crippen LogP contribution in [0.5, 0.6) is 5.75 Å². The number of ether oxygens (including phenoxy) is 1. The second-order valence-electron chi connectivity index (χ2n) is 6.47. The van der Waals surface area contributed by atoms with E-state index < -0.39 is 21.9 Å². The van der Waals surface area contributed by atoms with E-state index in [-0.39, 0.29) is 17.4 Å². The maximum atomic E-state index is 12.5. The van der Waals surface area contributed by atoms with Gasteiger partial charge in [-0.1, -0.05) is 12.1 Å². The van der Waals surface area contributed by atoms with Gasteiger partial charge in [0.1, 0.15) is 5.75 Å². The average Bonchev–Trinajstić information content (AvgIpc) is 3.07. The van der Waals surface area contributed by atoms with Gasteiger partial charge in [-0.3, -0.25) is 4.79 Å². The molecule has 1 fully saturated rings. The van der Waals surface area contributed by atoms with Crippen LogP contribution < -0.4 is 20.7 Å². The standard InChI is InChI=1S/C19H21N3O5S.CH4O/c1-27-17-7-3-6-15(11-17)20-18(23)13-4-2-5-14(10-13)21-19(24)22-16-8-9-28(25,26)12-16;1-2/h2-7,10-11,16H,8-9,12H2,1H3,(H,20,23)(H2,21,22,24);2H,1H3. The highest BCUT2D eigenvalue weighted by atomic mass is 32.2. The van der Waals surface area contributed by atoms with Crippen molar-refractivity contribution in [3.05, 3.63) is 54.1 Å². The first-order valence-electron chi connectivity index (χ1n) is 9.13. The SMILES string of the molecule is CO.COc1cccc(NC(=O)c2cccc(NC(=O)NC3CCS(=O)(=O)C3)c2)c1. The minimum Gasteiger partial charge on any atom is -0.497 e. The van der Waals surface area contributed by atoms with Gasteiger partial charge in [0.05, 0.1) is 18.6 Å². The van der Waals surface area contributed by atoms with Crippen LogP contribution in [-0.2, 0) is 9.84 Å². The quantitative estimate of drug-likeness (QED) is 0.566. The van der Waals surface area contributed by atoms with Crippen molar-refractivity contribution < 1.29 is 27.9 Å². The van der Waals surface area contributed by atoms with Crippen molar-refractivity contribution in [2.24, 2.45) is 0 Å². The molecule has 3 amide bonds. The highest BCUT2D eigenvalue weighted by Gasteiger charge is 2.28. The maximum Gasteiger partial charge on any atom is 0.319 e. The summed E-state index contributed by atoms with van der Waals surface area (Å²) in [6.45, 7) is 0. The van der Waals surface area contributed by atoms with E-state index in [0.717, 1.165) is 7.11 Å². The molecule has 0 radical (unpaired) electrons. The van der Waals surface area contributed by atoms with Gasteiger partial charge in [-0.2, -0.15) is 0 Å². The molecule has 0 aliphatic carbocycles. The molecule has 1 aliphatic rings. The number of aliphatic hydroxyl groups excluding tert-OH is 1. The number of aliphatic hydroxyl groups is 1. The fourth-order valence-corrected chi connectivity index (χ4v) is 4.58. The van der Waals surface area contributed by atoms with E-state index >= 15 is 0 Å². The van der Waals surface area contributed by atoms with Crippen molar-refractivity contribution in [2.75, 3.05) is 36.4 Å². The van der Waals surface area contributed by atoms with E-state index in [1.54, 1.807) is 55.6 Å². The van der Waals surface area contributed by atoms with Crippen molar-refractivity contribution in [1.29, 1.82) is 0 Å². The Labute approximate surface area is 175 Å². The Morgan fingerprint density at radius 2 is 1.70 bits per heavy atom. The van der Waals surface area contributed by atoms with E-state index in [1.807, 2.05) is 0 Å². The number of sulfone groups is 1. The number of carbonyl (C=O) groups excluding carboxylic acids is 2.